The van der Waals surface area contributed by atoms with Gasteiger partial charge < -0.3 is 5.11 Å². The summed E-state index contributed by atoms with van der Waals surface area (Å²) in [6.45, 7) is 21.8. The monoisotopic (exact) mass is 440 g/mol. The SMILES string of the molecule is C=C(CCC(C)C1CC[C@@]2(C)C3CCC4C(C)(C)C(O)CC[C@@]45C[C@@]35CC[C@]12C)C(C)C. The quantitative estimate of drug-likeness (QED) is 0.425. The molecule has 0 radical (unpaired) electrons. The van der Waals surface area contributed by atoms with Crippen LogP contribution < -0.4 is 0 Å². The fraction of sp³-hybridized carbons (Fsp3) is 0.935. The standard InChI is InChI=1S/C31H52O/c1-20(2)21(3)9-10-22(4)23-13-15-29(8)25-12-11-24-27(5,6)26(32)14-16-30(24)19-31(25,30)18-17-28(23,29)7/h20,22-26,32H,3,9-19H2,1-2,4-8H3/t22?,23?,24?,25?,26?,28-,29+,30-,31+/m1/s1. The van der Waals surface area contributed by atoms with E-state index in [0.717, 1.165) is 30.1 Å². The molecule has 0 aromatic heterocycles. The van der Waals surface area contributed by atoms with Gasteiger partial charge in [-0.25, -0.2) is 0 Å². The summed E-state index contributed by atoms with van der Waals surface area (Å²) < 4.78 is 0. The maximum absolute atomic E-state index is 10.9. The molecule has 0 heterocycles. The summed E-state index contributed by atoms with van der Waals surface area (Å²) in [6.07, 6.45) is 15.0. The van der Waals surface area contributed by atoms with Crippen molar-refractivity contribution in [2.24, 2.45) is 56.7 Å². The predicted molar refractivity (Wildman–Crippen MR) is 135 cm³/mol. The van der Waals surface area contributed by atoms with Gasteiger partial charge in [0, 0.05) is 0 Å². The zero-order chi connectivity index (χ0) is 23.3. The van der Waals surface area contributed by atoms with E-state index in [1.165, 1.54) is 69.8 Å². The van der Waals surface area contributed by atoms with Gasteiger partial charge in [-0.1, -0.05) is 60.6 Å². The van der Waals surface area contributed by atoms with Gasteiger partial charge in [0.2, 0.25) is 0 Å². The highest BCUT2D eigenvalue weighted by Gasteiger charge is 2.82. The summed E-state index contributed by atoms with van der Waals surface area (Å²) >= 11 is 0. The van der Waals surface area contributed by atoms with Crippen LogP contribution in [0, 0.1) is 56.7 Å². The molecular formula is C31H52O. The van der Waals surface area contributed by atoms with Gasteiger partial charge >= 0.3 is 0 Å². The van der Waals surface area contributed by atoms with E-state index in [0.29, 0.717) is 27.6 Å². The highest BCUT2D eigenvalue weighted by atomic mass is 16.3. The molecule has 5 aliphatic rings. The van der Waals surface area contributed by atoms with E-state index in [1.807, 2.05) is 0 Å². The van der Waals surface area contributed by atoms with Crippen LogP contribution in [0.15, 0.2) is 12.2 Å². The van der Waals surface area contributed by atoms with Crippen LogP contribution in [-0.4, -0.2) is 11.2 Å². The van der Waals surface area contributed by atoms with Crippen molar-refractivity contribution in [1.82, 2.24) is 0 Å². The topological polar surface area (TPSA) is 20.2 Å². The van der Waals surface area contributed by atoms with Crippen LogP contribution in [0.5, 0.6) is 0 Å². The van der Waals surface area contributed by atoms with Crippen LogP contribution in [0.25, 0.3) is 0 Å². The highest BCUT2D eigenvalue weighted by molar-refractivity contribution is 5.30. The van der Waals surface area contributed by atoms with E-state index in [-0.39, 0.29) is 11.5 Å². The minimum absolute atomic E-state index is 0.0888. The molecule has 0 amide bonds. The number of hydrogen-bond acceptors (Lipinski definition) is 1. The molecule has 0 aromatic rings. The number of hydrogen-bond donors (Lipinski definition) is 1. The van der Waals surface area contributed by atoms with E-state index in [9.17, 15) is 5.11 Å². The molecule has 1 heteroatoms. The van der Waals surface area contributed by atoms with Crippen LogP contribution >= 0.6 is 0 Å². The van der Waals surface area contributed by atoms with Gasteiger partial charge in [0.05, 0.1) is 6.10 Å². The summed E-state index contributed by atoms with van der Waals surface area (Å²) in [4.78, 5) is 0. The Morgan fingerprint density at radius 2 is 1.50 bits per heavy atom. The van der Waals surface area contributed by atoms with Crippen molar-refractivity contribution in [2.45, 2.75) is 125 Å². The van der Waals surface area contributed by atoms with Crippen molar-refractivity contribution in [2.75, 3.05) is 0 Å². The van der Waals surface area contributed by atoms with Crippen molar-refractivity contribution in [3.05, 3.63) is 12.2 Å². The molecule has 5 unspecified atom stereocenters. The van der Waals surface area contributed by atoms with Crippen LogP contribution in [0.2, 0.25) is 0 Å². The van der Waals surface area contributed by atoms with E-state index < -0.39 is 0 Å². The first-order chi connectivity index (χ1) is 14.9. The molecule has 1 nitrogen and oxygen atoms in total. The second kappa shape index (κ2) is 7.11. The zero-order valence-electron chi connectivity index (χ0n) is 22.4. The fourth-order valence-electron chi connectivity index (χ4n) is 11.2. The molecule has 32 heavy (non-hydrogen) atoms. The molecule has 2 spiro atoms. The summed E-state index contributed by atoms with van der Waals surface area (Å²) in [5.41, 5.74) is 3.79. The van der Waals surface area contributed by atoms with Crippen LogP contribution in [0.1, 0.15) is 119 Å². The Bertz CT molecular complexity index is 779. The Hall–Kier alpha value is -0.300. The molecular weight excluding hydrogens is 388 g/mol. The largest absolute Gasteiger partial charge is 0.393 e. The first-order valence-electron chi connectivity index (χ1n) is 14.2. The lowest BCUT2D eigenvalue weighted by molar-refractivity contribution is -0.161. The second-order valence-corrected chi connectivity index (χ2v) is 14.9. The molecule has 5 saturated carbocycles. The lowest BCUT2D eigenvalue weighted by atomic mass is 9.41. The summed E-state index contributed by atoms with van der Waals surface area (Å²) in [7, 11) is 0. The third-order valence-corrected chi connectivity index (χ3v) is 13.6. The molecule has 0 aliphatic heterocycles. The summed E-state index contributed by atoms with van der Waals surface area (Å²) in [5.74, 6) is 4.02. The van der Waals surface area contributed by atoms with Gasteiger partial charge in [-0.05, 0) is 127 Å². The lowest BCUT2D eigenvalue weighted by Gasteiger charge is -2.63. The first kappa shape index (κ1) is 23.4. The average Bonchev–Trinajstić information content (AvgIpc) is 3.31. The van der Waals surface area contributed by atoms with E-state index in [2.05, 4.69) is 55.0 Å². The average molecular weight is 441 g/mol. The third-order valence-electron chi connectivity index (χ3n) is 13.6. The van der Waals surface area contributed by atoms with E-state index >= 15 is 0 Å². The number of aliphatic hydroxyl groups excluding tert-OH is 1. The maximum atomic E-state index is 10.9. The number of fused-ring (bicyclic) bond motifs is 2. The van der Waals surface area contributed by atoms with Crippen molar-refractivity contribution in [1.29, 1.82) is 0 Å². The van der Waals surface area contributed by atoms with Gasteiger partial charge in [0.15, 0.2) is 0 Å². The zero-order valence-corrected chi connectivity index (χ0v) is 22.4. The minimum atomic E-state index is -0.0888. The molecule has 5 aliphatic carbocycles. The number of aliphatic hydroxyl groups is 1. The van der Waals surface area contributed by atoms with Gasteiger partial charge in [-0.15, -0.1) is 0 Å². The second-order valence-electron chi connectivity index (χ2n) is 14.9. The Labute approximate surface area is 199 Å². The predicted octanol–water partition coefficient (Wildman–Crippen LogP) is 8.41. The van der Waals surface area contributed by atoms with Gasteiger partial charge in [-0.2, -0.15) is 0 Å². The van der Waals surface area contributed by atoms with Gasteiger partial charge in [0.1, 0.15) is 0 Å². The molecule has 9 atom stereocenters. The molecule has 5 rings (SSSR count). The van der Waals surface area contributed by atoms with E-state index in [4.69, 9.17) is 0 Å². The summed E-state index contributed by atoms with van der Waals surface area (Å²) in [5, 5.41) is 10.9. The first-order valence-corrected chi connectivity index (χ1v) is 14.2. The van der Waals surface area contributed by atoms with Crippen LogP contribution in [0.3, 0.4) is 0 Å². The van der Waals surface area contributed by atoms with Crippen molar-refractivity contribution < 1.29 is 5.11 Å². The molecule has 1 N–H and O–H groups in total. The van der Waals surface area contributed by atoms with Crippen molar-refractivity contribution in [3.8, 4) is 0 Å². The highest BCUT2D eigenvalue weighted by Crippen LogP contribution is 2.89. The Morgan fingerprint density at radius 3 is 2.19 bits per heavy atom. The molecule has 0 aromatic carbocycles. The van der Waals surface area contributed by atoms with E-state index in [1.54, 1.807) is 0 Å². The number of allylic oxidation sites excluding steroid dienone is 1. The Morgan fingerprint density at radius 1 is 0.844 bits per heavy atom. The minimum Gasteiger partial charge on any atom is -0.393 e. The third kappa shape index (κ3) is 2.73. The molecule has 182 valence electrons. The Kier molecular flexibility index (Phi) is 5.21. The summed E-state index contributed by atoms with van der Waals surface area (Å²) in [6, 6.07) is 0. The molecule has 5 fully saturated rings. The van der Waals surface area contributed by atoms with Crippen molar-refractivity contribution in [3.63, 3.8) is 0 Å². The normalized spacial score (nSPS) is 51.9. The lowest BCUT2D eigenvalue weighted by Crippen LogP contribution is -2.57. The maximum Gasteiger partial charge on any atom is 0.0594 e. The number of rotatable bonds is 5. The fourth-order valence-corrected chi connectivity index (χ4v) is 11.2. The van der Waals surface area contributed by atoms with Gasteiger partial charge in [0.25, 0.3) is 0 Å². The molecule has 0 saturated heterocycles. The smallest absolute Gasteiger partial charge is 0.0594 e. The van der Waals surface area contributed by atoms with Crippen LogP contribution in [-0.2, 0) is 0 Å². The van der Waals surface area contributed by atoms with Crippen LogP contribution in [0.4, 0.5) is 0 Å². The van der Waals surface area contributed by atoms with Crippen molar-refractivity contribution >= 4 is 0 Å². The van der Waals surface area contributed by atoms with Gasteiger partial charge in [-0.3, -0.25) is 0 Å². The Balaban J connectivity index is 1.39. The molecule has 0 bridgehead atoms.